The molecule has 0 radical (unpaired) electrons. The van der Waals surface area contributed by atoms with Gasteiger partial charge in [-0.25, -0.2) is 0 Å². The zero-order chi connectivity index (χ0) is 16.1. The van der Waals surface area contributed by atoms with Gasteiger partial charge < -0.3 is 4.42 Å². The molecule has 0 aromatic carbocycles. The van der Waals surface area contributed by atoms with Crippen LogP contribution in [0.15, 0.2) is 47.5 Å². The van der Waals surface area contributed by atoms with Gasteiger partial charge in [-0.1, -0.05) is 0 Å². The summed E-state index contributed by atoms with van der Waals surface area (Å²) in [6, 6.07) is 4.01. The van der Waals surface area contributed by atoms with Gasteiger partial charge in [-0.2, -0.15) is 0 Å². The van der Waals surface area contributed by atoms with Crippen molar-refractivity contribution in [3.8, 4) is 11.5 Å². The van der Waals surface area contributed by atoms with Crippen LogP contribution in [-0.4, -0.2) is 43.1 Å². The van der Waals surface area contributed by atoms with Crippen molar-refractivity contribution in [2.24, 2.45) is 0 Å². The Morgan fingerprint density at radius 1 is 1.13 bits per heavy atom. The average Bonchev–Trinajstić information content (AvgIpc) is 3.05. The second-order valence-electron chi connectivity index (χ2n) is 5.41. The quantitative estimate of drug-likeness (QED) is 0.688. The van der Waals surface area contributed by atoms with Crippen molar-refractivity contribution in [3.05, 3.63) is 54.7 Å². The Morgan fingerprint density at radius 3 is 2.74 bits per heavy atom. The fraction of sp³-hybridized carbons (Fsp3) is 0.312. The summed E-state index contributed by atoms with van der Waals surface area (Å²) in [4.78, 5) is 14.6. The van der Waals surface area contributed by atoms with Crippen LogP contribution in [0.2, 0.25) is 0 Å². The summed E-state index contributed by atoms with van der Waals surface area (Å²) >= 11 is 0. The van der Waals surface area contributed by atoms with E-state index >= 15 is 0 Å². The molecule has 1 atom stereocenters. The third-order valence-electron chi connectivity index (χ3n) is 3.63. The van der Waals surface area contributed by atoms with E-state index in [1.54, 1.807) is 31.0 Å². The van der Waals surface area contributed by atoms with E-state index in [4.69, 9.17) is 4.42 Å². The molecule has 0 aliphatic heterocycles. The molecular formula is C16H18N6O. The van der Waals surface area contributed by atoms with Crippen molar-refractivity contribution in [3.63, 3.8) is 0 Å². The lowest BCUT2D eigenvalue weighted by molar-refractivity contribution is 0.224. The van der Waals surface area contributed by atoms with Crippen LogP contribution in [0.1, 0.15) is 18.5 Å². The molecule has 0 fully saturated rings. The van der Waals surface area contributed by atoms with Gasteiger partial charge >= 0.3 is 0 Å². The van der Waals surface area contributed by atoms with Crippen molar-refractivity contribution >= 4 is 0 Å². The molecule has 0 bridgehead atoms. The molecule has 23 heavy (non-hydrogen) atoms. The van der Waals surface area contributed by atoms with Gasteiger partial charge in [-0.05, 0) is 26.1 Å². The highest BCUT2D eigenvalue weighted by atomic mass is 16.4. The number of pyridine rings is 1. The Labute approximate surface area is 134 Å². The third kappa shape index (κ3) is 3.95. The number of aromatic nitrogens is 5. The van der Waals surface area contributed by atoms with E-state index in [2.05, 4.69) is 37.0 Å². The molecule has 0 saturated heterocycles. The van der Waals surface area contributed by atoms with Crippen molar-refractivity contribution in [1.82, 2.24) is 30.0 Å². The van der Waals surface area contributed by atoms with E-state index in [1.807, 2.05) is 19.2 Å². The Hall–Kier alpha value is -2.67. The maximum atomic E-state index is 5.71. The normalized spacial score (nSPS) is 12.5. The van der Waals surface area contributed by atoms with E-state index < -0.39 is 0 Å². The van der Waals surface area contributed by atoms with Crippen LogP contribution >= 0.6 is 0 Å². The molecule has 0 spiro atoms. The predicted molar refractivity (Wildman–Crippen MR) is 84.2 cm³/mol. The highest BCUT2D eigenvalue weighted by Gasteiger charge is 2.15. The standard InChI is InChI=1S/C16H18N6O/c1-12(8-14-10-18-6-7-19-14)22(2)11-15-20-21-16(23-15)13-4-3-5-17-9-13/h3-7,9-10,12H,8,11H2,1-2H3/t12-/m0/s1. The number of nitrogens with zero attached hydrogens (tertiary/aromatic N) is 6. The number of rotatable bonds is 6. The number of likely N-dealkylation sites (N-methyl/N-ethyl adjacent to an activating group) is 1. The lowest BCUT2D eigenvalue weighted by atomic mass is 10.1. The summed E-state index contributed by atoms with van der Waals surface area (Å²) in [7, 11) is 2.02. The summed E-state index contributed by atoms with van der Waals surface area (Å²) in [6.45, 7) is 2.71. The minimum absolute atomic E-state index is 0.278. The molecule has 3 aromatic heterocycles. The molecule has 7 nitrogen and oxygen atoms in total. The second-order valence-corrected chi connectivity index (χ2v) is 5.41. The molecule has 0 unspecified atom stereocenters. The van der Waals surface area contributed by atoms with E-state index in [-0.39, 0.29) is 6.04 Å². The van der Waals surface area contributed by atoms with Crippen LogP contribution in [-0.2, 0) is 13.0 Å². The molecule has 3 heterocycles. The Kier molecular flexibility index (Phi) is 4.68. The summed E-state index contributed by atoms with van der Waals surface area (Å²) < 4.78 is 5.71. The number of hydrogen-bond acceptors (Lipinski definition) is 7. The molecule has 0 N–H and O–H groups in total. The maximum Gasteiger partial charge on any atom is 0.249 e. The first kappa shape index (κ1) is 15.2. The second kappa shape index (κ2) is 7.06. The van der Waals surface area contributed by atoms with Gasteiger partial charge in [0.25, 0.3) is 0 Å². The molecule has 3 rings (SSSR count). The molecule has 118 valence electrons. The third-order valence-corrected chi connectivity index (χ3v) is 3.63. The lowest BCUT2D eigenvalue weighted by Gasteiger charge is -2.22. The maximum absolute atomic E-state index is 5.71. The van der Waals surface area contributed by atoms with Crippen LogP contribution < -0.4 is 0 Å². The van der Waals surface area contributed by atoms with Gasteiger partial charge in [0.1, 0.15) is 0 Å². The summed E-state index contributed by atoms with van der Waals surface area (Å²) in [5, 5.41) is 8.19. The van der Waals surface area contributed by atoms with E-state index in [0.29, 0.717) is 18.3 Å². The summed E-state index contributed by atoms with van der Waals surface area (Å²) in [5.41, 5.74) is 1.79. The minimum Gasteiger partial charge on any atom is -0.419 e. The van der Waals surface area contributed by atoms with Crippen molar-refractivity contribution in [2.75, 3.05) is 7.05 Å². The van der Waals surface area contributed by atoms with E-state index in [9.17, 15) is 0 Å². The van der Waals surface area contributed by atoms with Crippen LogP contribution in [0.4, 0.5) is 0 Å². The monoisotopic (exact) mass is 310 g/mol. The van der Waals surface area contributed by atoms with E-state index in [1.165, 1.54) is 0 Å². The first-order valence-electron chi connectivity index (χ1n) is 7.40. The van der Waals surface area contributed by atoms with E-state index in [0.717, 1.165) is 17.7 Å². The average molecular weight is 310 g/mol. The molecule has 3 aromatic rings. The lowest BCUT2D eigenvalue weighted by Crippen LogP contribution is -2.30. The first-order chi connectivity index (χ1) is 11.2. The van der Waals surface area contributed by atoms with Crippen molar-refractivity contribution in [2.45, 2.75) is 25.9 Å². The van der Waals surface area contributed by atoms with Gasteiger partial charge in [0.15, 0.2) is 0 Å². The van der Waals surface area contributed by atoms with Crippen LogP contribution in [0.5, 0.6) is 0 Å². The molecule has 7 heteroatoms. The zero-order valence-corrected chi connectivity index (χ0v) is 13.1. The molecule has 0 aliphatic carbocycles. The largest absolute Gasteiger partial charge is 0.419 e. The zero-order valence-electron chi connectivity index (χ0n) is 13.1. The number of hydrogen-bond donors (Lipinski definition) is 0. The first-order valence-corrected chi connectivity index (χ1v) is 7.40. The molecule has 0 saturated carbocycles. The SMILES string of the molecule is C[C@@H](Cc1cnccn1)N(C)Cc1nnc(-c2cccnc2)o1. The van der Waals surface area contributed by atoms with Crippen molar-refractivity contribution in [1.29, 1.82) is 0 Å². The van der Waals surface area contributed by atoms with Crippen LogP contribution in [0.25, 0.3) is 11.5 Å². The summed E-state index contributed by atoms with van der Waals surface area (Å²) in [5.74, 6) is 1.07. The smallest absolute Gasteiger partial charge is 0.249 e. The Morgan fingerprint density at radius 2 is 2.00 bits per heavy atom. The fourth-order valence-corrected chi connectivity index (χ4v) is 2.19. The predicted octanol–water partition coefficient (Wildman–Crippen LogP) is 1.98. The van der Waals surface area contributed by atoms with Gasteiger partial charge in [-0.3, -0.25) is 19.9 Å². The van der Waals surface area contributed by atoms with Gasteiger partial charge in [0.05, 0.1) is 17.8 Å². The summed E-state index contributed by atoms with van der Waals surface area (Å²) in [6.07, 6.45) is 9.41. The van der Waals surface area contributed by atoms with Gasteiger partial charge in [0.2, 0.25) is 11.8 Å². The fourth-order valence-electron chi connectivity index (χ4n) is 2.19. The Bertz CT molecular complexity index is 731. The molecule has 0 aliphatic rings. The highest BCUT2D eigenvalue weighted by molar-refractivity contribution is 5.49. The van der Waals surface area contributed by atoms with Crippen molar-refractivity contribution < 1.29 is 4.42 Å². The highest BCUT2D eigenvalue weighted by Crippen LogP contribution is 2.17. The van der Waals surface area contributed by atoms with Crippen LogP contribution in [0, 0.1) is 0 Å². The minimum atomic E-state index is 0.278. The molecular weight excluding hydrogens is 292 g/mol. The Balaban J connectivity index is 1.62. The van der Waals surface area contributed by atoms with Gasteiger partial charge in [0, 0.05) is 43.4 Å². The van der Waals surface area contributed by atoms with Crippen LogP contribution in [0.3, 0.4) is 0 Å². The topological polar surface area (TPSA) is 80.8 Å². The molecule has 0 amide bonds. The van der Waals surface area contributed by atoms with Gasteiger partial charge in [-0.15, -0.1) is 10.2 Å².